The van der Waals surface area contributed by atoms with Gasteiger partial charge in [-0.1, -0.05) is 5.16 Å². The van der Waals surface area contributed by atoms with E-state index in [-0.39, 0.29) is 24.0 Å². The molecule has 3 fully saturated rings. The highest BCUT2D eigenvalue weighted by Crippen LogP contribution is 2.30. The number of aliphatic hydroxyl groups is 1. The number of hydrogen-bond donors (Lipinski definition) is 2. The second-order valence-corrected chi connectivity index (χ2v) is 10.7. The Morgan fingerprint density at radius 2 is 1.78 bits per heavy atom. The summed E-state index contributed by atoms with van der Waals surface area (Å²) in [7, 11) is 0. The van der Waals surface area contributed by atoms with Gasteiger partial charge in [-0.05, 0) is 50.6 Å². The Morgan fingerprint density at radius 3 is 2.50 bits per heavy atom. The summed E-state index contributed by atoms with van der Waals surface area (Å²) in [5.41, 5.74) is -0.657. The van der Waals surface area contributed by atoms with E-state index in [1.54, 1.807) is 0 Å². The standard InChI is InChI=1S/C26H36F2N4O4/c27-21-15-20-23(16-22(21)28)36-30-25(20)32-11-9-31(10-12-32)8-5-18-1-3-19(4-2-18)29-24(33)17-26(34)6-13-35-14-7-26/h15-16,18-19,34H,1-14,17H2,(H,29,33). The monoisotopic (exact) mass is 506 g/mol. The third-order valence-electron chi connectivity index (χ3n) is 8.14. The molecule has 2 aliphatic heterocycles. The summed E-state index contributed by atoms with van der Waals surface area (Å²) in [4.78, 5) is 17.0. The molecule has 8 nitrogen and oxygen atoms in total. The van der Waals surface area contributed by atoms with E-state index in [9.17, 15) is 18.7 Å². The number of halogens is 2. The van der Waals surface area contributed by atoms with Crippen molar-refractivity contribution in [2.24, 2.45) is 5.92 Å². The molecule has 2 N–H and O–H groups in total. The van der Waals surface area contributed by atoms with E-state index in [1.165, 1.54) is 0 Å². The number of nitrogens with zero attached hydrogens (tertiary/aromatic N) is 3. The summed E-state index contributed by atoms with van der Waals surface area (Å²) >= 11 is 0. The van der Waals surface area contributed by atoms with Crippen LogP contribution in [0.3, 0.4) is 0 Å². The lowest BCUT2D eigenvalue weighted by Gasteiger charge is -2.36. The van der Waals surface area contributed by atoms with Crippen molar-refractivity contribution < 1.29 is 27.9 Å². The van der Waals surface area contributed by atoms with E-state index in [1.807, 2.05) is 0 Å². The van der Waals surface area contributed by atoms with Crippen molar-refractivity contribution in [3.8, 4) is 0 Å². The van der Waals surface area contributed by atoms with Gasteiger partial charge in [-0.25, -0.2) is 8.78 Å². The number of rotatable bonds is 7. The number of carbonyl (C=O) groups excluding carboxylic acids is 1. The van der Waals surface area contributed by atoms with Crippen molar-refractivity contribution in [2.45, 2.75) is 63.0 Å². The van der Waals surface area contributed by atoms with Crippen LogP contribution in [0.25, 0.3) is 11.0 Å². The molecule has 1 aliphatic carbocycles. The van der Waals surface area contributed by atoms with Crippen LogP contribution in [-0.2, 0) is 9.53 Å². The van der Waals surface area contributed by atoms with Crippen LogP contribution in [0, 0.1) is 17.6 Å². The van der Waals surface area contributed by atoms with Gasteiger partial charge in [0.05, 0.1) is 17.4 Å². The van der Waals surface area contributed by atoms with Crippen molar-refractivity contribution in [1.82, 2.24) is 15.4 Å². The van der Waals surface area contributed by atoms with Gasteiger partial charge in [0.25, 0.3) is 0 Å². The molecular weight excluding hydrogens is 470 g/mol. The van der Waals surface area contributed by atoms with Crippen LogP contribution in [0.1, 0.15) is 51.4 Å². The first-order chi connectivity index (χ1) is 17.4. The van der Waals surface area contributed by atoms with Gasteiger partial charge in [0.2, 0.25) is 5.91 Å². The SMILES string of the molecule is O=C(CC1(O)CCOCC1)NC1CCC(CCN2CCN(c3noc4cc(F)c(F)cc34)CC2)CC1. The van der Waals surface area contributed by atoms with Crippen molar-refractivity contribution in [1.29, 1.82) is 0 Å². The Labute approximate surface area is 209 Å². The molecule has 0 bridgehead atoms. The lowest BCUT2D eigenvalue weighted by Crippen LogP contribution is -2.47. The first kappa shape index (κ1) is 25.4. The summed E-state index contributed by atoms with van der Waals surface area (Å²) in [5, 5.41) is 18.3. The molecule has 0 atom stereocenters. The van der Waals surface area contributed by atoms with Gasteiger partial charge in [-0.15, -0.1) is 0 Å². The second-order valence-electron chi connectivity index (χ2n) is 10.7. The molecule has 0 spiro atoms. The number of nitrogens with one attached hydrogen (secondary N) is 1. The number of hydrogen-bond acceptors (Lipinski definition) is 7. The van der Waals surface area contributed by atoms with Crippen LogP contribution in [0.2, 0.25) is 0 Å². The zero-order valence-corrected chi connectivity index (χ0v) is 20.7. The summed E-state index contributed by atoms with van der Waals surface area (Å²) in [6.07, 6.45) is 6.54. The smallest absolute Gasteiger partial charge is 0.223 e. The maximum atomic E-state index is 13.7. The summed E-state index contributed by atoms with van der Waals surface area (Å²) < 4.78 is 37.7. The molecule has 10 heteroatoms. The fourth-order valence-electron chi connectivity index (χ4n) is 5.80. The minimum atomic E-state index is -0.931. The largest absolute Gasteiger partial charge is 0.389 e. The lowest BCUT2D eigenvalue weighted by molar-refractivity contribution is -0.131. The fourth-order valence-corrected chi connectivity index (χ4v) is 5.80. The number of piperazine rings is 1. The van der Waals surface area contributed by atoms with Crippen LogP contribution in [0.4, 0.5) is 14.6 Å². The fraction of sp³-hybridized carbons (Fsp3) is 0.692. The number of anilines is 1. The van der Waals surface area contributed by atoms with Gasteiger partial charge in [-0.3, -0.25) is 9.69 Å². The van der Waals surface area contributed by atoms with Gasteiger partial charge >= 0.3 is 0 Å². The quantitative estimate of drug-likeness (QED) is 0.596. The van der Waals surface area contributed by atoms with E-state index >= 15 is 0 Å². The van der Waals surface area contributed by atoms with Gasteiger partial charge in [0, 0.05) is 64.3 Å². The number of carbonyl (C=O) groups is 1. The first-order valence-corrected chi connectivity index (χ1v) is 13.2. The predicted molar refractivity (Wildman–Crippen MR) is 131 cm³/mol. The first-order valence-electron chi connectivity index (χ1n) is 13.2. The number of benzene rings is 1. The number of aromatic nitrogens is 1. The molecule has 0 radical (unpaired) electrons. The Kier molecular flexibility index (Phi) is 7.73. The predicted octanol–water partition coefficient (Wildman–Crippen LogP) is 3.22. The van der Waals surface area contributed by atoms with Gasteiger partial charge in [-0.2, -0.15) is 0 Å². The van der Waals surface area contributed by atoms with E-state index in [2.05, 4.69) is 20.3 Å². The molecule has 1 amide bonds. The molecular formula is C26H36F2N4O4. The van der Waals surface area contributed by atoms with Crippen molar-refractivity contribution in [2.75, 3.05) is 50.8 Å². The molecule has 5 rings (SSSR count). The Hall–Kier alpha value is -2.30. The van der Waals surface area contributed by atoms with Gasteiger partial charge < -0.3 is 24.6 Å². The molecule has 198 valence electrons. The third kappa shape index (κ3) is 5.98. The number of fused-ring (bicyclic) bond motifs is 1. The average molecular weight is 507 g/mol. The summed E-state index contributed by atoms with van der Waals surface area (Å²) in [5.74, 6) is -0.633. The maximum absolute atomic E-state index is 13.7. The molecule has 1 saturated carbocycles. The molecule has 36 heavy (non-hydrogen) atoms. The van der Waals surface area contributed by atoms with Crippen LogP contribution >= 0.6 is 0 Å². The van der Waals surface area contributed by atoms with E-state index in [0.717, 1.165) is 77.0 Å². The van der Waals surface area contributed by atoms with Crippen LogP contribution in [-0.4, -0.2) is 78.7 Å². The number of amides is 1. The maximum Gasteiger partial charge on any atom is 0.223 e. The molecule has 1 aromatic carbocycles. The third-order valence-corrected chi connectivity index (χ3v) is 8.14. The molecule has 2 aromatic rings. The normalized spacial score (nSPS) is 25.2. The van der Waals surface area contributed by atoms with Gasteiger partial charge in [0.1, 0.15) is 0 Å². The van der Waals surface area contributed by atoms with Crippen LogP contribution in [0.5, 0.6) is 0 Å². The number of ether oxygens (including phenoxy) is 1. The zero-order valence-electron chi connectivity index (χ0n) is 20.7. The Morgan fingerprint density at radius 1 is 1.08 bits per heavy atom. The van der Waals surface area contributed by atoms with Crippen molar-refractivity contribution in [3.05, 3.63) is 23.8 Å². The van der Waals surface area contributed by atoms with Crippen molar-refractivity contribution in [3.63, 3.8) is 0 Å². The molecule has 0 unspecified atom stereocenters. The Balaban J connectivity index is 1.01. The van der Waals surface area contributed by atoms with E-state index < -0.39 is 17.2 Å². The summed E-state index contributed by atoms with van der Waals surface area (Å²) in [6, 6.07) is 2.41. The van der Waals surface area contributed by atoms with Crippen LogP contribution in [0.15, 0.2) is 16.7 Å². The highest BCUT2D eigenvalue weighted by molar-refractivity contribution is 5.88. The molecule has 3 aliphatic rings. The summed E-state index contributed by atoms with van der Waals surface area (Å²) in [6.45, 7) is 5.36. The average Bonchev–Trinajstić information content (AvgIpc) is 3.26. The van der Waals surface area contributed by atoms with Crippen LogP contribution < -0.4 is 10.2 Å². The van der Waals surface area contributed by atoms with Crippen molar-refractivity contribution >= 4 is 22.7 Å². The minimum absolute atomic E-state index is 0.0477. The molecule has 1 aromatic heterocycles. The molecule has 2 saturated heterocycles. The second kappa shape index (κ2) is 11.0. The lowest BCUT2D eigenvalue weighted by atomic mass is 9.83. The zero-order chi connectivity index (χ0) is 25.1. The minimum Gasteiger partial charge on any atom is -0.389 e. The van der Waals surface area contributed by atoms with Gasteiger partial charge in [0.15, 0.2) is 23.0 Å². The molecule has 3 heterocycles. The highest BCUT2D eigenvalue weighted by Gasteiger charge is 2.33. The topological polar surface area (TPSA) is 91.1 Å². The van der Waals surface area contributed by atoms with E-state index in [4.69, 9.17) is 9.26 Å². The van der Waals surface area contributed by atoms with E-state index in [0.29, 0.717) is 43.2 Å². The Bertz CT molecular complexity index is 1040. The highest BCUT2D eigenvalue weighted by atomic mass is 19.2.